The van der Waals surface area contributed by atoms with Crippen molar-refractivity contribution in [2.24, 2.45) is 0 Å². The molecular weight excluding hydrogens is 392 g/mol. The van der Waals surface area contributed by atoms with Crippen LogP contribution in [0.25, 0.3) is 0 Å². The summed E-state index contributed by atoms with van der Waals surface area (Å²) in [6.07, 6.45) is 1.31. The van der Waals surface area contributed by atoms with Gasteiger partial charge in [-0.1, -0.05) is 72.3 Å². The lowest BCUT2D eigenvalue weighted by atomic mass is 10.2. The van der Waals surface area contributed by atoms with E-state index in [1.54, 1.807) is 6.92 Å². The van der Waals surface area contributed by atoms with E-state index in [1.807, 2.05) is 60.7 Å². The Bertz CT molecular complexity index is 1020. The maximum atomic E-state index is 12.7. The highest BCUT2D eigenvalue weighted by Gasteiger charge is 2.21. The summed E-state index contributed by atoms with van der Waals surface area (Å²) in [4.78, 5) is 30.7. The Labute approximate surface area is 173 Å². The summed E-state index contributed by atoms with van der Waals surface area (Å²) in [6.45, 7) is 2.44. The maximum absolute atomic E-state index is 12.7. The van der Waals surface area contributed by atoms with Crippen LogP contribution in [-0.2, 0) is 17.9 Å². The molecule has 3 rings (SSSR count). The number of esters is 1. The topological polar surface area (TPSA) is 69.6 Å². The first-order valence-electron chi connectivity index (χ1n) is 9.17. The van der Waals surface area contributed by atoms with Gasteiger partial charge in [0.2, 0.25) is 0 Å². The van der Waals surface area contributed by atoms with Crippen LogP contribution >= 0.6 is 11.6 Å². The second-order valence-corrected chi connectivity index (χ2v) is 6.56. The van der Waals surface area contributed by atoms with Crippen molar-refractivity contribution in [1.82, 2.24) is 4.73 Å². The molecule has 6 nitrogen and oxygen atoms in total. The fourth-order valence-corrected chi connectivity index (χ4v) is 2.95. The molecule has 2 aromatic carbocycles. The normalized spacial score (nSPS) is 10.4. The van der Waals surface area contributed by atoms with Crippen molar-refractivity contribution in [3.05, 3.63) is 98.9 Å². The third kappa shape index (κ3) is 5.18. The molecule has 0 aliphatic rings. The lowest BCUT2D eigenvalue weighted by Crippen LogP contribution is -2.29. The highest BCUT2D eigenvalue weighted by Crippen LogP contribution is 2.24. The third-order valence-electron chi connectivity index (χ3n) is 4.14. The first-order chi connectivity index (χ1) is 14.1. The summed E-state index contributed by atoms with van der Waals surface area (Å²) >= 11 is 6.31. The van der Waals surface area contributed by atoms with Crippen LogP contribution in [0.4, 0.5) is 5.69 Å². The van der Waals surface area contributed by atoms with Gasteiger partial charge in [0.15, 0.2) is 0 Å². The third-order valence-corrected chi connectivity index (χ3v) is 4.49. The molecule has 0 amide bonds. The summed E-state index contributed by atoms with van der Waals surface area (Å²) < 4.78 is 6.09. The van der Waals surface area contributed by atoms with E-state index in [4.69, 9.17) is 21.2 Å². The number of ether oxygens (including phenoxy) is 1. The first kappa shape index (κ1) is 20.5. The molecule has 3 aromatic rings. The minimum atomic E-state index is -0.595. The molecule has 0 spiro atoms. The van der Waals surface area contributed by atoms with Crippen molar-refractivity contribution in [2.75, 3.05) is 11.9 Å². The Morgan fingerprint density at radius 2 is 1.66 bits per heavy atom. The maximum Gasteiger partial charge on any atom is 0.341 e. The number of rotatable bonds is 8. The average molecular weight is 413 g/mol. The summed E-state index contributed by atoms with van der Waals surface area (Å²) in [5.74, 6) is -0.595. The summed E-state index contributed by atoms with van der Waals surface area (Å²) in [5, 5.41) is 2.94. The number of nitrogens with zero attached hydrogens (tertiary/aromatic N) is 1. The fourth-order valence-electron chi connectivity index (χ4n) is 2.70. The largest absolute Gasteiger partial charge is 0.462 e. The summed E-state index contributed by atoms with van der Waals surface area (Å²) in [7, 11) is 0. The standard InChI is InChI=1S/C22H21ClN2O4/c1-2-28-22(27)18-14-25(29-15-17-11-7-4-8-12-17)21(26)19(23)20(18)24-13-16-9-5-3-6-10-16/h3-12,14,24H,2,13,15H2,1H3. The smallest absolute Gasteiger partial charge is 0.341 e. The van der Waals surface area contributed by atoms with Gasteiger partial charge in [0.25, 0.3) is 0 Å². The monoisotopic (exact) mass is 412 g/mol. The Morgan fingerprint density at radius 1 is 1.03 bits per heavy atom. The van der Waals surface area contributed by atoms with Crippen molar-refractivity contribution in [3.63, 3.8) is 0 Å². The van der Waals surface area contributed by atoms with Gasteiger partial charge >= 0.3 is 11.5 Å². The molecule has 0 radical (unpaired) electrons. The fraction of sp³-hybridized carbons (Fsp3) is 0.182. The molecule has 0 bridgehead atoms. The first-order valence-corrected chi connectivity index (χ1v) is 9.55. The van der Waals surface area contributed by atoms with Gasteiger partial charge in [-0.2, -0.15) is 0 Å². The molecule has 1 heterocycles. The molecule has 7 heteroatoms. The molecule has 0 atom stereocenters. The summed E-state index contributed by atoms with van der Waals surface area (Å²) in [5.41, 5.74) is 1.63. The van der Waals surface area contributed by atoms with Gasteiger partial charge in [-0.05, 0) is 18.1 Å². The van der Waals surface area contributed by atoms with Crippen LogP contribution in [0.15, 0.2) is 71.7 Å². The van der Waals surface area contributed by atoms with Gasteiger partial charge in [0.05, 0.1) is 18.5 Å². The highest BCUT2D eigenvalue weighted by molar-refractivity contribution is 6.33. The zero-order valence-electron chi connectivity index (χ0n) is 15.9. The van der Waals surface area contributed by atoms with E-state index in [9.17, 15) is 9.59 Å². The lowest BCUT2D eigenvalue weighted by Gasteiger charge is -2.16. The average Bonchev–Trinajstić information content (AvgIpc) is 2.75. The molecule has 0 aliphatic heterocycles. The van der Waals surface area contributed by atoms with E-state index in [2.05, 4.69) is 5.32 Å². The van der Waals surface area contributed by atoms with Crippen LogP contribution in [0.3, 0.4) is 0 Å². The number of carbonyl (C=O) groups is 1. The second-order valence-electron chi connectivity index (χ2n) is 6.18. The van der Waals surface area contributed by atoms with E-state index in [0.717, 1.165) is 15.9 Å². The Hall–Kier alpha value is -3.25. The predicted molar refractivity (Wildman–Crippen MR) is 112 cm³/mol. The summed E-state index contributed by atoms with van der Waals surface area (Å²) in [6, 6.07) is 18.9. The minimum Gasteiger partial charge on any atom is -0.462 e. The van der Waals surface area contributed by atoms with Crippen LogP contribution in [0.1, 0.15) is 28.4 Å². The molecule has 29 heavy (non-hydrogen) atoms. The zero-order valence-corrected chi connectivity index (χ0v) is 16.7. The van der Waals surface area contributed by atoms with Crippen LogP contribution in [0, 0.1) is 0 Å². The molecule has 0 saturated heterocycles. The van der Waals surface area contributed by atoms with Crippen LogP contribution in [0.5, 0.6) is 0 Å². The van der Waals surface area contributed by atoms with Crippen molar-refractivity contribution >= 4 is 23.3 Å². The molecule has 1 N–H and O–H groups in total. The second kappa shape index (κ2) is 9.80. The minimum absolute atomic E-state index is 0.125. The molecule has 0 aliphatic carbocycles. The molecule has 150 valence electrons. The number of hydrogen-bond acceptors (Lipinski definition) is 5. The van der Waals surface area contributed by atoms with Crippen molar-refractivity contribution in [3.8, 4) is 0 Å². The van der Waals surface area contributed by atoms with Crippen LogP contribution < -0.4 is 15.7 Å². The van der Waals surface area contributed by atoms with Gasteiger partial charge in [0, 0.05) is 6.54 Å². The predicted octanol–water partition coefficient (Wildman–Crippen LogP) is 3.92. The molecule has 0 unspecified atom stereocenters. The van der Waals surface area contributed by atoms with E-state index in [1.165, 1.54) is 6.20 Å². The Kier molecular flexibility index (Phi) is 6.92. The van der Waals surface area contributed by atoms with Gasteiger partial charge in [-0.3, -0.25) is 4.79 Å². The number of hydrogen-bond donors (Lipinski definition) is 1. The quantitative estimate of drug-likeness (QED) is 0.568. The number of halogens is 1. The molecule has 0 fully saturated rings. The number of carbonyl (C=O) groups excluding carboxylic acids is 1. The van der Waals surface area contributed by atoms with Gasteiger partial charge in [-0.15, -0.1) is 4.73 Å². The molecule has 1 aromatic heterocycles. The number of benzene rings is 2. The number of aromatic nitrogens is 1. The van der Waals surface area contributed by atoms with Gasteiger partial charge < -0.3 is 14.9 Å². The number of pyridine rings is 1. The zero-order chi connectivity index (χ0) is 20.6. The van der Waals surface area contributed by atoms with Gasteiger partial charge in [0.1, 0.15) is 17.2 Å². The van der Waals surface area contributed by atoms with Crippen LogP contribution in [-0.4, -0.2) is 17.3 Å². The highest BCUT2D eigenvalue weighted by atomic mass is 35.5. The Morgan fingerprint density at radius 3 is 2.28 bits per heavy atom. The van der Waals surface area contributed by atoms with Gasteiger partial charge in [-0.25, -0.2) is 4.79 Å². The number of nitrogens with one attached hydrogen (secondary N) is 1. The molecule has 0 saturated carbocycles. The van der Waals surface area contributed by atoms with E-state index in [-0.39, 0.29) is 29.5 Å². The van der Waals surface area contributed by atoms with Crippen LogP contribution in [0.2, 0.25) is 5.02 Å². The van der Waals surface area contributed by atoms with Crippen molar-refractivity contribution < 1.29 is 14.4 Å². The van der Waals surface area contributed by atoms with E-state index in [0.29, 0.717) is 6.54 Å². The van der Waals surface area contributed by atoms with Crippen molar-refractivity contribution in [1.29, 1.82) is 0 Å². The lowest BCUT2D eigenvalue weighted by molar-refractivity contribution is 0.0514. The SMILES string of the molecule is CCOC(=O)c1cn(OCc2ccccc2)c(=O)c(Cl)c1NCc1ccccc1. The van der Waals surface area contributed by atoms with E-state index < -0.39 is 11.5 Å². The molecular formula is C22H21ClN2O4. The number of anilines is 1. The Balaban J connectivity index is 1.91. The van der Waals surface area contributed by atoms with Crippen molar-refractivity contribution in [2.45, 2.75) is 20.1 Å². The van der Waals surface area contributed by atoms with E-state index >= 15 is 0 Å².